The van der Waals surface area contributed by atoms with Crippen LogP contribution in [0.15, 0.2) is 60.7 Å². The van der Waals surface area contributed by atoms with Crippen LogP contribution in [0.4, 0.5) is 0 Å². The van der Waals surface area contributed by atoms with Crippen LogP contribution >= 0.6 is 0 Å². The molecular formula is C45H66N6O8. The standard InChI is InChI=1S/C45H66N6O8/c1-26(2)24-34-42(55)50(12)37(29(7)8)45(58)59-30(9)38(51(13)41(54)32-22-18-15-19-23-32)44(57)48(10)33(25-31-20-16-14-17-21-31)39(52)46-35(27(3)4)40(53)47-36(28(5)6)43(56)49(34)11/h14-23,26-30,33-38H,24-25H2,1-13H3,(H,46,52)(H,47,53). The van der Waals surface area contributed by atoms with E-state index in [9.17, 15) is 33.6 Å². The first kappa shape index (κ1) is 48.1. The fourth-order valence-corrected chi connectivity index (χ4v) is 7.55. The average molecular weight is 819 g/mol. The molecule has 2 N–H and O–H groups in total. The molecule has 0 radical (unpaired) electrons. The molecule has 14 heteroatoms. The molecule has 1 saturated heterocycles. The van der Waals surface area contributed by atoms with E-state index in [0.717, 1.165) is 5.56 Å². The van der Waals surface area contributed by atoms with Crippen molar-refractivity contribution in [2.45, 2.75) is 118 Å². The van der Waals surface area contributed by atoms with Crippen LogP contribution in [0.25, 0.3) is 0 Å². The van der Waals surface area contributed by atoms with Gasteiger partial charge in [-0.25, -0.2) is 4.79 Å². The fourth-order valence-electron chi connectivity index (χ4n) is 7.55. The Morgan fingerprint density at radius 2 is 1.17 bits per heavy atom. The highest BCUT2D eigenvalue weighted by atomic mass is 16.5. The monoisotopic (exact) mass is 818 g/mol. The van der Waals surface area contributed by atoms with Gasteiger partial charge in [0.05, 0.1) is 0 Å². The van der Waals surface area contributed by atoms with Crippen LogP contribution in [-0.2, 0) is 39.9 Å². The van der Waals surface area contributed by atoms with E-state index in [2.05, 4.69) is 10.6 Å². The number of nitrogens with one attached hydrogen (secondary N) is 2. The number of hydrogen-bond donors (Lipinski definition) is 2. The first-order valence-electron chi connectivity index (χ1n) is 20.6. The van der Waals surface area contributed by atoms with Crippen LogP contribution < -0.4 is 10.6 Å². The second-order valence-electron chi connectivity index (χ2n) is 17.2. The Bertz CT molecular complexity index is 1780. The molecule has 0 aliphatic carbocycles. The van der Waals surface area contributed by atoms with Gasteiger partial charge in [0.1, 0.15) is 42.4 Å². The maximum absolute atomic E-state index is 14.9. The lowest BCUT2D eigenvalue weighted by molar-refractivity contribution is -0.166. The van der Waals surface area contributed by atoms with Crippen molar-refractivity contribution in [2.24, 2.45) is 23.7 Å². The molecular weight excluding hydrogens is 753 g/mol. The van der Waals surface area contributed by atoms with Gasteiger partial charge in [0, 0.05) is 40.2 Å². The number of cyclic esters (lactones) is 1. The normalized spacial score (nSPS) is 24.8. The number of ether oxygens (including phenoxy) is 1. The Morgan fingerprint density at radius 3 is 1.68 bits per heavy atom. The number of likely N-dealkylation sites (N-methyl/N-ethyl adjacent to an activating group) is 4. The van der Waals surface area contributed by atoms with Gasteiger partial charge in [-0.2, -0.15) is 0 Å². The molecule has 0 bridgehead atoms. The number of carbonyl (C=O) groups excluding carboxylic acids is 7. The summed E-state index contributed by atoms with van der Waals surface area (Å²) in [6, 6.07) is 10.4. The maximum atomic E-state index is 14.9. The molecule has 7 atom stereocenters. The highest BCUT2D eigenvalue weighted by Crippen LogP contribution is 2.23. The number of hydrogen-bond acceptors (Lipinski definition) is 8. The molecule has 7 unspecified atom stereocenters. The van der Waals surface area contributed by atoms with Crippen LogP contribution in [0.5, 0.6) is 0 Å². The molecule has 0 aromatic heterocycles. The van der Waals surface area contributed by atoms with Gasteiger partial charge in [0.15, 0.2) is 0 Å². The van der Waals surface area contributed by atoms with Gasteiger partial charge in [-0.15, -0.1) is 0 Å². The van der Waals surface area contributed by atoms with Crippen molar-refractivity contribution in [3.05, 3.63) is 71.8 Å². The summed E-state index contributed by atoms with van der Waals surface area (Å²) in [6.07, 6.45) is -0.988. The molecule has 14 nitrogen and oxygen atoms in total. The van der Waals surface area contributed by atoms with E-state index >= 15 is 0 Å². The Kier molecular flexibility index (Phi) is 17.2. The molecule has 59 heavy (non-hydrogen) atoms. The van der Waals surface area contributed by atoms with Gasteiger partial charge in [-0.05, 0) is 54.7 Å². The molecule has 0 saturated carbocycles. The summed E-state index contributed by atoms with van der Waals surface area (Å²) in [5.74, 6) is -5.72. The fraction of sp³-hybridized carbons (Fsp3) is 0.578. The van der Waals surface area contributed by atoms with Crippen molar-refractivity contribution in [1.29, 1.82) is 0 Å². The maximum Gasteiger partial charge on any atom is 0.329 e. The molecule has 0 spiro atoms. The van der Waals surface area contributed by atoms with E-state index in [1.165, 1.54) is 54.7 Å². The lowest BCUT2D eigenvalue weighted by Crippen LogP contribution is -2.62. The van der Waals surface area contributed by atoms with Crippen LogP contribution in [0.2, 0.25) is 0 Å². The van der Waals surface area contributed by atoms with Crippen LogP contribution in [0.1, 0.15) is 84.7 Å². The first-order chi connectivity index (χ1) is 27.6. The molecule has 1 fully saturated rings. The van der Waals surface area contributed by atoms with Gasteiger partial charge in [0.25, 0.3) is 5.91 Å². The molecule has 1 aliphatic rings. The summed E-state index contributed by atoms with van der Waals surface area (Å²) in [4.78, 5) is 106. The average Bonchev–Trinajstić information content (AvgIpc) is 3.18. The third-order valence-electron chi connectivity index (χ3n) is 11.1. The smallest absolute Gasteiger partial charge is 0.329 e. The van der Waals surface area contributed by atoms with Crippen LogP contribution in [-0.4, -0.2) is 132 Å². The number of carbonyl (C=O) groups is 7. The van der Waals surface area contributed by atoms with Gasteiger partial charge in [0.2, 0.25) is 29.5 Å². The molecule has 1 heterocycles. The Balaban J connectivity index is 2.30. The molecule has 324 valence electrons. The minimum Gasteiger partial charge on any atom is -0.458 e. The van der Waals surface area contributed by atoms with E-state index in [4.69, 9.17) is 4.74 Å². The predicted molar refractivity (Wildman–Crippen MR) is 226 cm³/mol. The molecule has 3 rings (SSSR count). The van der Waals surface area contributed by atoms with Crippen LogP contribution in [0, 0.1) is 23.7 Å². The summed E-state index contributed by atoms with van der Waals surface area (Å²) in [5.41, 5.74) is 1.00. The molecule has 2 aromatic carbocycles. The third kappa shape index (κ3) is 11.9. The van der Waals surface area contributed by atoms with Crippen molar-refractivity contribution in [2.75, 3.05) is 28.2 Å². The summed E-state index contributed by atoms with van der Waals surface area (Å²) < 4.78 is 6.09. The predicted octanol–water partition coefficient (Wildman–Crippen LogP) is 3.78. The zero-order valence-corrected chi connectivity index (χ0v) is 37.1. The minimum absolute atomic E-state index is 0.0377. The number of nitrogens with zero attached hydrogens (tertiary/aromatic N) is 4. The third-order valence-corrected chi connectivity index (χ3v) is 11.1. The SMILES string of the molecule is CC(C)CC1C(=O)N(C)C(C(C)C)C(=O)OC(C)C(N(C)C(=O)c2ccccc2)C(=O)N(C)C(Cc2ccccc2)C(=O)NC(C(C)C)C(=O)NC(C(C)C)C(=O)N1C. The lowest BCUT2D eigenvalue weighted by atomic mass is 9.95. The summed E-state index contributed by atoms with van der Waals surface area (Å²) in [7, 11) is 5.86. The first-order valence-corrected chi connectivity index (χ1v) is 20.6. The van der Waals surface area contributed by atoms with E-state index in [1.54, 1.807) is 84.0 Å². The zero-order chi connectivity index (χ0) is 44.5. The number of rotatable bonds is 9. The summed E-state index contributed by atoms with van der Waals surface area (Å²) in [6.45, 7) is 15.9. The summed E-state index contributed by atoms with van der Waals surface area (Å²) in [5, 5.41) is 5.74. The topological polar surface area (TPSA) is 166 Å². The largest absolute Gasteiger partial charge is 0.458 e. The Hall–Kier alpha value is -5.27. The van der Waals surface area contributed by atoms with E-state index < -0.39 is 102 Å². The Morgan fingerprint density at radius 1 is 0.661 bits per heavy atom. The quantitative estimate of drug-likeness (QED) is 0.361. The van der Waals surface area contributed by atoms with E-state index in [-0.39, 0.29) is 24.3 Å². The summed E-state index contributed by atoms with van der Waals surface area (Å²) >= 11 is 0. The zero-order valence-electron chi connectivity index (χ0n) is 37.1. The highest BCUT2D eigenvalue weighted by molar-refractivity contribution is 6.00. The molecule has 6 amide bonds. The van der Waals surface area contributed by atoms with Crippen molar-refractivity contribution in [1.82, 2.24) is 30.2 Å². The van der Waals surface area contributed by atoms with Gasteiger partial charge in [-0.1, -0.05) is 104 Å². The number of esters is 1. The Labute approximate surface area is 350 Å². The number of benzene rings is 2. The highest BCUT2D eigenvalue weighted by Gasteiger charge is 2.44. The van der Waals surface area contributed by atoms with Crippen molar-refractivity contribution >= 4 is 41.4 Å². The van der Waals surface area contributed by atoms with Gasteiger partial charge < -0.3 is 35.0 Å². The van der Waals surface area contributed by atoms with Crippen LogP contribution in [0.3, 0.4) is 0 Å². The van der Waals surface area contributed by atoms with Crippen molar-refractivity contribution in [3.8, 4) is 0 Å². The van der Waals surface area contributed by atoms with E-state index in [1.807, 2.05) is 32.0 Å². The second-order valence-corrected chi connectivity index (χ2v) is 17.2. The van der Waals surface area contributed by atoms with Gasteiger partial charge >= 0.3 is 5.97 Å². The molecule has 1 aliphatic heterocycles. The lowest BCUT2D eigenvalue weighted by Gasteiger charge is -2.39. The second kappa shape index (κ2) is 21.1. The molecule has 2 aromatic rings. The van der Waals surface area contributed by atoms with E-state index in [0.29, 0.717) is 0 Å². The van der Waals surface area contributed by atoms with Crippen molar-refractivity contribution in [3.63, 3.8) is 0 Å². The number of amides is 6. The minimum atomic E-state index is -1.44. The van der Waals surface area contributed by atoms with Gasteiger partial charge in [-0.3, -0.25) is 28.8 Å². The van der Waals surface area contributed by atoms with Crippen molar-refractivity contribution < 1.29 is 38.3 Å².